The summed E-state index contributed by atoms with van der Waals surface area (Å²) in [4.78, 5) is 0. The molecule has 0 aromatic heterocycles. The molecule has 7 atom stereocenters. The van der Waals surface area contributed by atoms with E-state index in [1.807, 2.05) is 0 Å². The summed E-state index contributed by atoms with van der Waals surface area (Å²) in [5.74, 6) is 3.53. The Balaban J connectivity index is 1.91. The average molecular weight is 307 g/mol. The summed E-state index contributed by atoms with van der Waals surface area (Å²) in [6.07, 6.45) is 11.8. The second-order valence-electron chi connectivity index (χ2n) is 9.58. The van der Waals surface area contributed by atoms with Gasteiger partial charge in [0.15, 0.2) is 0 Å². The van der Waals surface area contributed by atoms with Crippen LogP contribution in [0.2, 0.25) is 0 Å². The highest BCUT2D eigenvalue weighted by atomic mass is 16.3. The fourth-order valence-corrected chi connectivity index (χ4v) is 7.37. The first-order valence-corrected chi connectivity index (χ1v) is 10.0. The maximum Gasteiger partial charge on any atom is 0.0675 e. The summed E-state index contributed by atoms with van der Waals surface area (Å²) in [6, 6.07) is 0. The van der Waals surface area contributed by atoms with Gasteiger partial charge >= 0.3 is 0 Å². The van der Waals surface area contributed by atoms with E-state index in [0.29, 0.717) is 5.41 Å². The van der Waals surface area contributed by atoms with Crippen LogP contribution in [0.3, 0.4) is 0 Å². The zero-order chi connectivity index (χ0) is 16.2. The van der Waals surface area contributed by atoms with Gasteiger partial charge in [-0.15, -0.1) is 0 Å². The van der Waals surface area contributed by atoms with E-state index >= 15 is 0 Å². The van der Waals surface area contributed by atoms with Gasteiger partial charge < -0.3 is 5.11 Å². The molecule has 3 fully saturated rings. The molecule has 3 aliphatic carbocycles. The van der Waals surface area contributed by atoms with Crippen LogP contribution in [0.4, 0.5) is 0 Å². The van der Waals surface area contributed by atoms with Gasteiger partial charge in [-0.1, -0.05) is 40.5 Å². The van der Waals surface area contributed by atoms with E-state index in [1.54, 1.807) is 0 Å². The summed E-state index contributed by atoms with van der Waals surface area (Å²) < 4.78 is 0. The smallest absolute Gasteiger partial charge is 0.0675 e. The Morgan fingerprint density at radius 1 is 0.909 bits per heavy atom. The molecule has 1 heteroatoms. The third kappa shape index (κ3) is 2.14. The van der Waals surface area contributed by atoms with Gasteiger partial charge in [-0.05, 0) is 86.4 Å². The van der Waals surface area contributed by atoms with E-state index in [1.165, 1.54) is 51.4 Å². The molecule has 0 aliphatic heterocycles. The van der Waals surface area contributed by atoms with Crippen molar-refractivity contribution in [2.24, 2.45) is 34.5 Å². The van der Waals surface area contributed by atoms with Crippen molar-refractivity contribution in [1.29, 1.82) is 0 Å². The van der Waals surface area contributed by atoms with Crippen LogP contribution in [0.25, 0.3) is 0 Å². The van der Waals surface area contributed by atoms with E-state index in [4.69, 9.17) is 0 Å². The van der Waals surface area contributed by atoms with Crippen molar-refractivity contribution < 1.29 is 5.11 Å². The normalized spacial score (nSPS) is 54.8. The lowest BCUT2D eigenvalue weighted by molar-refractivity contribution is -0.181. The minimum Gasteiger partial charge on any atom is -0.390 e. The largest absolute Gasteiger partial charge is 0.390 e. The molecule has 0 aromatic rings. The maximum absolute atomic E-state index is 11.2. The van der Waals surface area contributed by atoms with Crippen LogP contribution >= 0.6 is 0 Å². The van der Waals surface area contributed by atoms with E-state index in [0.717, 1.165) is 30.1 Å². The fraction of sp³-hybridized carbons (Fsp3) is 1.00. The Hall–Kier alpha value is -0.0400. The molecule has 0 spiro atoms. The molecule has 3 rings (SSSR count). The van der Waals surface area contributed by atoms with Crippen LogP contribution in [0.5, 0.6) is 0 Å². The molecule has 22 heavy (non-hydrogen) atoms. The van der Waals surface area contributed by atoms with E-state index in [-0.39, 0.29) is 5.41 Å². The molecule has 7 unspecified atom stereocenters. The van der Waals surface area contributed by atoms with Crippen molar-refractivity contribution in [3.8, 4) is 0 Å². The van der Waals surface area contributed by atoms with Gasteiger partial charge in [0.05, 0.1) is 5.60 Å². The number of fused-ring (bicyclic) bond motifs is 3. The minimum absolute atomic E-state index is 0.135. The highest BCUT2D eigenvalue weighted by Crippen LogP contribution is 2.67. The monoisotopic (exact) mass is 306 g/mol. The Kier molecular flexibility index (Phi) is 4.20. The van der Waals surface area contributed by atoms with Crippen LogP contribution in [0, 0.1) is 34.5 Å². The SMILES string of the molecule is CCCC1(C)C2CCC3(C)C(CC)CCC3C2CCC1(C)O. The number of aliphatic hydroxyl groups is 1. The Morgan fingerprint density at radius 2 is 1.64 bits per heavy atom. The average Bonchev–Trinajstić information content (AvgIpc) is 2.80. The lowest BCUT2D eigenvalue weighted by Crippen LogP contribution is -2.58. The topological polar surface area (TPSA) is 20.2 Å². The first-order chi connectivity index (χ1) is 10.3. The highest BCUT2D eigenvalue weighted by molar-refractivity contribution is 5.11. The van der Waals surface area contributed by atoms with Crippen molar-refractivity contribution in [2.45, 2.75) is 98.0 Å². The van der Waals surface area contributed by atoms with Crippen LogP contribution < -0.4 is 0 Å². The van der Waals surface area contributed by atoms with E-state index in [9.17, 15) is 5.11 Å². The van der Waals surface area contributed by atoms with E-state index in [2.05, 4.69) is 34.6 Å². The molecular formula is C21H38O. The zero-order valence-corrected chi connectivity index (χ0v) is 15.6. The van der Waals surface area contributed by atoms with Crippen molar-refractivity contribution in [3.63, 3.8) is 0 Å². The van der Waals surface area contributed by atoms with Crippen molar-refractivity contribution in [2.75, 3.05) is 0 Å². The van der Waals surface area contributed by atoms with Crippen molar-refractivity contribution in [1.82, 2.24) is 0 Å². The molecule has 0 aromatic carbocycles. The van der Waals surface area contributed by atoms with E-state index < -0.39 is 5.60 Å². The molecular weight excluding hydrogens is 268 g/mol. The second kappa shape index (κ2) is 5.50. The molecule has 0 radical (unpaired) electrons. The van der Waals surface area contributed by atoms with Crippen molar-refractivity contribution >= 4 is 0 Å². The van der Waals surface area contributed by atoms with Gasteiger partial charge in [-0.25, -0.2) is 0 Å². The standard InChI is InChI=1S/C21H38O/c1-6-12-20(4)18-11-13-19(3)15(7-2)8-9-17(19)16(18)10-14-21(20,5)22/h15-18,22H,6-14H2,1-5H3. The second-order valence-corrected chi connectivity index (χ2v) is 9.58. The maximum atomic E-state index is 11.2. The van der Waals surface area contributed by atoms with Gasteiger partial charge in [0.2, 0.25) is 0 Å². The molecule has 0 heterocycles. The molecule has 1 nitrogen and oxygen atoms in total. The minimum atomic E-state index is -0.458. The van der Waals surface area contributed by atoms with Crippen LogP contribution in [-0.4, -0.2) is 10.7 Å². The number of hydrogen-bond acceptors (Lipinski definition) is 1. The summed E-state index contributed by atoms with van der Waals surface area (Å²) >= 11 is 0. The molecule has 1 N–H and O–H groups in total. The van der Waals surface area contributed by atoms with Gasteiger partial charge in [0, 0.05) is 0 Å². The Bertz CT molecular complexity index is 414. The number of rotatable bonds is 3. The molecule has 128 valence electrons. The third-order valence-electron chi connectivity index (χ3n) is 8.91. The Morgan fingerprint density at radius 3 is 2.27 bits per heavy atom. The molecule has 0 saturated heterocycles. The zero-order valence-electron chi connectivity index (χ0n) is 15.6. The van der Waals surface area contributed by atoms with Crippen LogP contribution in [0.1, 0.15) is 92.4 Å². The fourth-order valence-electron chi connectivity index (χ4n) is 7.37. The predicted octanol–water partition coefficient (Wildman–Crippen LogP) is 5.81. The predicted molar refractivity (Wildman–Crippen MR) is 93.7 cm³/mol. The summed E-state index contributed by atoms with van der Waals surface area (Å²) in [5, 5.41) is 11.2. The quantitative estimate of drug-likeness (QED) is 0.698. The van der Waals surface area contributed by atoms with Gasteiger partial charge in [0.1, 0.15) is 0 Å². The van der Waals surface area contributed by atoms with Gasteiger partial charge in [0.25, 0.3) is 0 Å². The first kappa shape index (κ1) is 16.8. The lowest BCUT2D eigenvalue weighted by atomic mass is 9.45. The first-order valence-electron chi connectivity index (χ1n) is 10.0. The van der Waals surface area contributed by atoms with Gasteiger partial charge in [-0.3, -0.25) is 0 Å². The highest BCUT2D eigenvalue weighted by Gasteiger charge is 2.61. The van der Waals surface area contributed by atoms with Gasteiger partial charge in [-0.2, -0.15) is 0 Å². The summed E-state index contributed by atoms with van der Waals surface area (Å²) in [7, 11) is 0. The molecule has 3 saturated carbocycles. The summed E-state index contributed by atoms with van der Waals surface area (Å²) in [5.41, 5.74) is 0.281. The lowest BCUT2D eigenvalue weighted by Gasteiger charge is -2.61. The summed E-state index contributed by atoms with van der Waals surface area (Å²) in [6.45, 7) is 11.9. The number of hydrogen-bond donors (Lipinski definition) is 1. The van der Waals surface area contributed by atoms with Crippen LogP contribution in [0.15, 0.2) is 0 Å². The Labute approximate surface area is 138 Å². The van der Waals surface area contributed by atoms with Crippen molar-refractivity contribution in [3.05, 3.63) is 0 Å². The third-order valence-corrected chi connectivity index (χ3v) is 8.91. The molecule has 0 bridgehead atoms. The molecule has 3 aliphatic rings. The van der Waals surface area contributed by atoms with Crippen LogP contribution in [-0.2, 0) is 0 Å². The molecule has 0 amide bonds.